The summed E-state index contributed by atoms with van der Waals surface area (Å²) in [4.78, 5) is 17.1. The van der Waals surface area contributed by atoms with Crippen LogP contribution < -0.4 is 0 Å². The van der Waals surface area contributed by atoms with Crippen molar-refractivity contribution in [3.8, 4) is 0 Å². The van der Waals surface area contributed by atoms with Gasteiger partial charge in [-0.3, -0.25) is 9.78 Å². The first-order valence-electron chi connectivity index (χ1n) is 5.56. The number of allylic oxidation sites excluding steroid dienone is 1. The first kappa shape index (κ1) is 12.6. The minimum Gasteiger partial charge on any atom is -0.289 e. The summed E-state index contributed by atoms with van der Waals surface area (Å²) < 4.78 is 0. The topological polar surface area (TPSA) is 30.0 Å². The Labute approximate surface area is 111 Å². The third kappa shape index (κ3) is 3.31. The summed E-state index contributed by atoms with van der Waals surface area (Å²) in [6.07, 6.45) is 8.79. The molecule has 0 aliphatic carbocycles. The number of carbonyl (C=O) groups is 1. The highest BCUT2D eigenvalue weighted by Gasteiger charge is 2.01. The molecule has 0 unspecified atom stereocenters. The maximum atomic E-state index is 11.9. The molecule has 0 saturated carbocycles. The van der Waals surface area contributed by atoms with Gasteiger partial charge >= 0.3 is 0 Å². The Morgan fingerprint density at radius 3 is 2.61 bits per heavy atom. The van der Waals surface area contributed by atoms with Crippen LogP contribution in [0.2, 0.25) is 0 Å². The molecule has 0 atom stereocenters. The van der Waals surface area contributed by atoms with Gasteiger partial charge in [0, 0.05) is 22.9 Å². The lowest BCUT2D eigenvalue weighted by molar-refractivity contribution is 0.104. The Morgan fingerprint density at radius 1 is 1.22 bits per heavy atom. The molecule has 1 heterocycles. The number of hydrogen-bond acceptors (Lipinski definition) is 3. The van der Waals surface area contributed by atoms with Gasteiger partial charge in [-0.05, 0) is 54.3 Å². The Bertz CT molecular complexity index is 546. The van der Waals surface area contributed by atoms with E-state index in [2.05, 4.69) is 4.98 Å². The van der Waals surface area contributed by atoms with E-state index < -0.39 is 0 Å². The van der Waals surface area contributed by atoms with Crippen molar-refractivity contribution < 1.29 is 4.79 Å². The summed E-state index contributed by atoms with van der Waals surface area (Å²) in [7, 11) is 0. The van der Waals surface area contributed by atoms with E-state index in [0.717, 1.165) is 10.5 Å². The average Bonchev–Trinajstić information content (AvgIpc) is 2.46. The fraction of sp³-hybridized carbons (Fsp3) is 0.0667. The molecule has 3 heteroatoms. The Morgan fingerprint density at radius 2 is 2.00 bits per heavy atom. The molecule has 1 aromatic heterocycles. The molecule has 0 aliphatic heterocycles. The number of nitrogens with zero attached hydrogens (tertiary/aromatic N) is 1. The zero-order chi connectivity index (χ0) is 12.8. The fourth-order valence-corrected chi connectivity index (χ4v) is 1.91. The minimum absolute atomic E-state index is 0.00602. The predicted molar refractivity (Wildman–Crippen MR) is 75.8 cm³/mol. The van der Waals surface area contributed by atoms with Gasteiger partial charge < -0.3 is 0 Å². The molecule has 0 amide bonds. The van der Waals surface area contributed by atoms with Crippen LogP contribution in [0.4, 0.5) is 0 Å². The maximum absolute atomic E-state index is 11.9. The van der Waals surface area contributed by atoms with Gasteiger partial charge in [0.1, 0.15) is 0 Å². The lowest BCUT2D eigenvalue weighted by Gasteiger charge is -1.98. The van der Waals surface area contributed by atoms with Gasteiger partial charge in [0.25, 0.3) is 0 Å². The van der Waals surface area contributed by atoms with Crippen molar-refractivity contribution in [1.82, 2.24) is 4.98 Å². The van der Waals surface area contributed by atoms with Gasteiger partial charge in [-0.15, -0.1) is 11.8 Å². The smallest absolute Gasteiger partial charge is 0.185 e. The van der Waals surface area contributed by atoms with E-state index in [1.54, 1.807) is 36.3 Å². The van der Waals surface area contributed by atoms with Crippen LogP contribution in [-0.4, -0.2) is 17.0 Å². The maximum Gasteiger partial charge on any atom is 0.185 e. The summed E-state index contributed by atoms with van der Waals surface area (Å²) in [5.74, 6) is 0.00602. The third-order valence-electron chi connectivity index (χ3n) is 2.49. The van der Waals surface area contributed by atoms with E-state index in [1.807, 2.05) is 42.7 Å². The van der Waals surface area contributed by atoms with Crippen molar-refractivity contribution in [3.05, 3.63) is 66.0 Å². The summed E-state index contributed by atoms with van der Waals surface area (Å²) in [6, 6.07) is 11.4. The molecule has 0 radical (unpaired) electrons. The first-order valence-corrected chi connectivity index (χ1v) is 6.78. The van der Waals surface area contributed by atoms with Crippen LogP contribution in [0.3, 0.4) is 0 Å². The second-order valence-electron chi connectivity index (χ2n) is 3.71. The van der Waals surface area contributed by atoms with Crippen LogP contribution in [0.5, 0.6) is 0 Å². The van der Waals surface area contributed by atoms with E-state index in [4.69, 9.17) is 0 Å². The SMILES string of the molecule is CSc1ccc(C(=O)C=Cc2cccnc2)cc1. The lowest BCUT2D eigenvalue weighted by atomic mass is 10.1. The molecule has 2 aromatic rings. The van der Waals surface area contributed by atoms with Crippen molar-refractivity contribution in [2.45, 2.75) is 4.90 Å². The van der Waals surface area contributed by atoms with Gasteiger partial charge in [0.05, 0.1) is 0 Å². The molecule has 2 rings (SSSR count). The van der Waals surface area contributed by atoms with Crippen LogP contribution in [0.15, 0.2) is 59.8 Å². The first-order chi connectivity index (χ1) is 8.79. The van der Waals surface area contributed by atoms with Crippen LogP contribution in [0.25, 0.3) is 6.08 Å². The van der Waals surface area contributed by atoms with E-state index in [9.17, 15) is 4.79 Å². The van der Waals surface area contributed by atoms with Crippen LogP contribution in [-0.2, 0) is 0 Å². The minimum atomic E-state index is 0.00602. The highest BCUT2D eigenvalue weighted by Crippen LogP contribution is 2.15. The third-order valence-corrected chi connectivity index (χ3v) is 3.23. The molecule has 90 valence electrons. The number of carbonyl (C=O) groups excluding carboxylic acids is 1. The van der Waals surface area contributed by atoms with E-state index in [1.165, 1.54) is 0 Å². The summed E-state index contributed by atoms with van der Waals surface area (Å²) >= 11 is 1.66. The van der Waals surface area contributed by atoms with Crippen molar-refractivity contribution in [2.75, 3.05) is 6.26 Å². The monoisotopic (exact) mass is 255 g/mol. The molecule has 0 aliphatic rings. The molecule has 0 saturated heterocycles. The second-order valence-corrected chi connectivity index (χ2v) is 4.59. The van der Waals surface area contributed by atoms with Crippen LogP contribution in [0, 0.1) is 0 Å². The molecular weight excluding hydrogens is 242 g/mol. The second kappa shape index (κ2) is 6.17. The lowest BCUT2D eigenvalue weighted by Crippen LogP contribution is -1.93. The normalized spacial score (nSPS) is 10.7. The molecule has 2 nitrogen and oxygen atoms in total. The molecule has 0 spiro atoms. The zero-order valence-electron chi connectivity index (χ0n) is 10.0. The van der Waals surface area contributed by atoms with Crippen molar-refractivity contribution in [2.24, 2.45) is 0 Å². The Hall–Kier alpha value is -1.87. The summed E-state index contributed by atoms with van der Waals surface area (Å²) in [5.41, 5.74) is 1.62. The quantitative estimate of drug-likeness (QED) is 0.474. The van der Waals surface area contributed by atoms with E-state index in [-0.39, 0.29) is 5.78 Å². The average molecular weight is 255 g/mol. The summed E-state index contributed by atoms with van der Waals surface area (Å²) in [6.45, 7) is 0. The molecule has 0 fully saturated rings. The van der Waals surface area contributed by atoms with Crippen molar-refractivity contribution in [1.29, 1.82) is 0 Å². The molecule has 0 N–H and O–H groups in total. The summed E-state index contributed by atoms with van der Waals surface area (Å²) in [5, 5.41) is 0. The van der Waals surface area contributed by atoms with Gasteiger partial charge in [0.15, 0.2) is 5.78 Å². The molecule has 1 aromatic carbocycles. The molecule has 18 heavy (non-hydrogen) atoms. The van der Waals surface area contributed by atoms with Gasteiger partial charge in [-0.2, -0.15) is 0 Å². The number of aromatic nitrogens is 1. The van der Waals surface area contributed by atoms with Gasteiger partial charge in [-0.1, -0.05) is 6.07 Å². The number of ketones is 1. The van der Waals surface area contributed by atoms with Crippen LogP contribution in [0.1, 0.15) is 15.9 Å². The van der Waals surface area contributed by atoms with Crippen molar-refractivity contribution >= 4 is 23.6 Å². The van der Waals surface area contributed by atoms with Crippen LogP contribution >= 0.6 is 11.8 Å². The Kier molecular flexibility index (Phi) is 4.31. The molecular formula is C15H13NOS. The number of rotatable bonds is 4. The highest BCUT2D eigenvalue weighted by molar-refractivity contribution is 7.98. The number of thioether (sulfide) groups is 1. The van der Waals surface area contributed by atoms with Crippen molar-refractivity contribution in [3.63, 3.8) is 0 Å². The van der Waals surface area contributed by atoms with Gasteiger partial charge in [-0.25, -0.2) is 0 Å². The number of benzene rings is 1. The zero-order valence-corrected chi connectivity index (χ0v) is 10.9. The standard InChI is InChI=1S/C15H13NOS/c1-18-14-7-5-13(6-8-14)15(17)9-4-12-3-2-10-16-11-12/h2-11H,1H3. The highest BCUT2D eigenvalue weighted by atomic mass is 32.2. The Balaban J connectivity index is 2.09. The number of pyridine rings is 1. The van der Waals surface area contributed by atoms with Gasteiger partial charge in [0.2, 0.25) is 0 Å². The largest absolute Gasteiger partial charge is 0.289 e. The van der Waals surface area contributed by atoms with E-state index >= 15 is 0 Å². The fourth-order valence-electron chi connectivity index (χ4n) is 1.50. The predicted octanol–water partition coefficient (Wildman–Crippen LogP) is 3.70. The van der Waals surface area contributed by atoms with E-state index in [0.29, 0.717) is 5.56 Å². The molecule has 0 bridgehead atoms. The number of hydrogen-bond donors (Lipinski definition) is 0.